The highest BCUT2D eigenvalue weighted by Gasteiger charge is 2.32. The van der Waals surface area contributed by atoms with Gasteiger partial charge in [0.25, 0.3) is 0 Å². The molecule has 1 N–H and O–H groups in total. The average molecular weight is 496 g/mol. The number of hydrogen-bond donors (Lipinski definition) is 1. The molecule has 0 bridgehead atoms. The Balaban J connectivity index is 1.27. The Kier molecular flexibility index (Phi) is 7.54. The molecule has 5 rings (SSSR count). The van der Waals surface area contributed by atoms with Gasteiger partial charge in [-0.25, -0.2) is 0 Å². The van der Waals surface area contributed by atoms with Crippen LogP contribution in [0.2, 0.25) is 5.02 Å². The van der Waals surface area contributed by atoms with E-state index in [0.717, 1.165) is 82.7 Å². The molecular formula is C29H38ClN3O2. The minimum absolute atomic E-state index is 0.0586. The molecule has 0 aliphatic carbocycles. The third-order valence-electron chi connectivity index (χ3n) is 7.52. The molecule has 1 fully saturated rings. The largest absolute Gasteiger partial charge is 0.492 e. The molecule has 3 heterocycles. The van der Waals surface area contributed by atoms with E-state index >= 15 is 0 Å². The van der Waals surface area contributed by atoms with Crippen LogP contribution in [-0.2, 0) is 30.7 Å². The van der Waals surface area contributed by atoms with Crippen LogP contribution in [0.1, 0.15) is 55.4 Å². The number of nitrogens with one attached hydrogen (secondary N) is 1. The monoisotopic (exact) mass is 495 g/mol. The van der Waals surface area contributed by atoms with Crippen molar-refractivity contribution in [2.45, 2.75) is 59.0 Å². The van der Waals surface area contributed by atoms with Crippen molar-refractivity contribution in [2.75, 3.05) is 38.1 Å². The van der Waals surface area contributed by atoms with Crippen molar-refractivity contribution in [3.05, 3.63) is 57.6 Å². The highest BCUT2D eigenvalue weighted by molar-refractivity contribution is 6.32. The number of carbonyl (C=O) groups excluding carboxylic acids is 1. The maximum atomic E-state index is 13.7. The normalized spacial score (nSPS) is 19.6. The first-order chi connectivity index (χ1) is 17.0. The quantitative estimate of drug-likeness (QED) is 0.548. The van der Waals surface area contributed by atoms with Gasteiger partial charge in [-0.3, -0.25) is 9.69 Å². The van der Waals surface area contributed by atoms with Gasteiger partial charge in [-0.05, 0) is 79.0 Å². The van der Waals surface area contributed by atoms with Gasteiger partial charge in [0.2, 0.25) is 5.91 Å². The van der Waals surface area contributed by atoms with Crippen LogP contribution >= 0.6 is 11.6 Å². The number of amides is 1. The molecule has 1 saturated heterocycles. The van der Waals surface area contributed by atoms with Crippen LogP contribution < -0.4 is 10.1 Å². The zero-order chi connectivity index (χ0) is 24.4. The predicted octanol–water partition coefficient (Wildman–Crippen LogP) is 5.53. The molecule has 188 valence electrons. The topological polar surface area (TPSA) is 44.8 Å². The number of ether oxygens (including phenoxy) is 1. The molecule has 0 saturated carbocycles. The number of anilines is 1. The lowest BCUT2D eigenvalue weighted by Gasteiger charge is -2.28. The number of nitrogens with zero attached hydrogens (tertiary/aromatic N) is 2. The van der Waals surface area contributed by atoms with E-state index in [0.29, 0.717) is 17.5 Å². The minimum Gasteiger partial charge on any atom is -0.492 e. The lowest BCUT2D eigenvalue weighted by atomic mass is 10.0. The summed E-state index contributed by atoms with van der Waals surface area (Å²) in [6.07, 6.45) is 5.17. The van der Waals surface area contributed by atoms with Gasteiger partial charge in [-0.1, -0.05) is 43.6 Å². The summed E-state index contributed by atoms with van der Waals surface area (Å²) in [4.78, 5) is 18.3. The van der Waals surface area contributed by atoms with Gasteiger partial charge in [-0.2, -0.15) is 0 Å². The minimum atomic E-state index is 0.0586. The van der Waals surface area contributed by atoms with Gasteiger partial charge in [0.05, 0.1) is 17.5 Å². The van der Waals surface area contributed by atoms with E-state index in [2.05, 4.69) is 53.2 Å². The lowest BCUT2D eigenvalue weighted by molar-refractivity contribution is -0.136. The Labute approximate surface area is 214 Å². The van der Waals surface area contributed by atoms with E-state index in [1.54, 1.807) is 0 Å². The maximum Gasteiger partial charge on any atom is 0.227 e. The summed E-state index contributed by atoms with van der Waals surface area (Å²) in [7, 11) is 0. The number of benzene rings is 2. The first-order valence-corrected chi connectivity index (χ1v) is 13.7. The Hall–Kier alpha value is -2.24. The SMILES string of the molecule is CC(C)CN(Cc1cc(Cl)c2c(c1)CCCCO2)C(=O)[C@@H]1CCN(Cc2cccc3c2CCN3)C1. The lowest BCUT2D eigenvalue weighted by Crippen LogP contribution is -2.39. The van der Waals surface area contributed by atoms with Gasteiger partial charge in [0.1, 0.15) is 5.75 Å². The fourth-order valence-corrected chi connectivity index (χ4v) is 6.20. The van der Waals surface area contributed by atoms with E-state index in [1.807, 2.05) is 6.07 Å². The fraction of sp³-hybridized carbons (Fsp3) is 0.552. The highest BCUT2D eigenvalue weighted by Crippen LogP contribution is 2.34. The van der Waals surface area contributed by atoms with Crippen LogP contribution in [0.15, 0.2) is 30.3 Å². The number of hydrogen-bond acceptors (Lipinski definition) is 4. The van der Waals surface area contributed by atoms with E-state index in [1.165, 1.54) is 22.4 Å². The Morgan fingerprint density at radius 2 is 2.14 bits per heavy atom. The standard InChI is InChI=1S/C29H38ClN3O2/c1-20(2)16-33(17-21-14-22-6-3-4-13-35-28(22)26(30)15-21)29(34)24-10-12-32(19-24)18-23-7-5-8-27-25(23)9-11-31-27/h5,7-8,14-15,20,24,31H,3-4,6,9-13,16-19H2,1-2H3/t24-/m1/s1. The zero-order valence-electron chi connectivity index (χ0n) is 21.1. The smallest absolute Gasteiger partial charge is 0.227 e. The molecule has 3 aliphatic heterocycles. The number of fused-ring (bicyclic) bond motifs is 2. The van der Waals surface area contributed by atoms with Crippen molar-refractivity contribution in [1.29, 1.82) is 0 Å². The van der Waals surface area contributed by atoms with Crippen molar-refractivity contribution in [2.24, 2.45) is 11.8 Å². The summed E-state index contributed by atoms with van der Waals surface area (Å²) in [5.74, 6) is 1.59. The Morgan fingerprint density at radius 1 is 1.26 bits per heavy atom. The summed E-state index contributed by atoms with van der Waals surface area (Å²) < 4.78 is 5.90. The van der Waals surface area contributed by atoms with Crippen LogP contribution in [0.4, 0.5) is 5.69 Å². The summed E-state index contributed by atoms with van der Waals surface area (Å²) in [5, 5.41) is 4.15. The third kappa shape index (κ3) is 5.62. The molecule has 2 aromatic rings. The molecular weight excluding hydrogens is 458 g/mol. The second-order valence-corrected chi connectivity index (χ2v) is 11.2. The van der Waals surface area contributed by atoms with Gasteiger partial charge in [0.15, 0.2) is 0 Å². The van der Waals surface area contributed by atoms with Crippen molar-refractivity contribution in [3.63, 3.8) is 0 Å². The van der Waals surface area contributed by atoms with Crippen LogP contribution in [0.5, 0.6) is 5.75 Å². The number of aryl methyl sites for hydroxylation is 1. The van der Waals surface area contributed by atoms with E-state index < -0.39 is 0 Å². The van der Waals surface area contributed by atoms with Crippen molar-refractivity contribution in [3.8, 4) is 5.75 Å². The van der Waals surface area contributed by atoms with E-state index in [-0.39, 0.29) is 11.8 Å². The maximum absolute atomic E-state index is 13.7. The molecule has 2 aromatic carbocycles. The molecule has 0 aromatic heterocycles. The van der Waals surface area contributed by atoms with Gasteiger partial charge in [0, 0.05) is 38.4 Å². The second kappa shape index (κ2) is 10.8. The number of halogens is 1. The number of carbonyl (C=O) groups is 1. The zero-order valence-corrected chi connectivity index (χ0v) is 21.9. The van der Waals surface area contributed by atoms with E-state index in [4.69, 9.17) is 16.3 Å². The van der Waals surface area contributed by atoms with Crippen molar-refractivity contribution in [1.82, 2.24) is 9.80 Å². The molecule has 6 heteroatoms. The Morgan fingerprint density at radius 3 is 3.00 bits per heavy atom. The fourth-order valence-electron chi connectivity index (χ4n) is 5.88. The first kappa shape index (κ1) is 24.5. The predicted molar refractivity (Wildman–Crippen MR) is 142 cm³/mol. The van der Waals surface area contributed by atoms with Gasteiger partial charge < -0.3 is 15.0 Å². The second-order valence-electron chi connectivity index (χ2n) is 10.8. The molecule has 3 aliphatic rings. The van der Waals surface area contributed by atoms with Crippen molar-refractivity contribution >= 4 is 23.2 Å². The summed E-state index contributed by atoms with van der Waals surface area (Å²) in [6, 6.07) is 10.8. The molecule has 35 heavy (non-hydrogen) atoms. The summed E-state index contributed by atoms with van der Waals surface area (Å²) in [5.41, 5.74) is 6.42. The summed E-state index contributed by atoms with van der Waals surface area (Å²) >= 11 is 6.61. The van der Waals surface area contributed by atoms with Crippen LogP contribution in [-0.4, -0.2) is 48.5 Å². The Bertz CT molecular complexity index is 1070. The molecule has 0 radical (unpaired) electrons. The van der Waals surface area contributed by atoms with Crippen molar-refractivity contribution < 1.29 is 9.53 Å². The van der Waals surface area contributed by atoms with Gasteiger partial charge in [-0.15, -0.1) is 0 Å². The van der Waals surface area contributed by atoms with Crippen LogP contribution in [0.25, 0.3) is 0 Å². The average Bonchev–Trinajstić information content (AvgIpc) is 3.43. The third-order valence-corrected chi connectivity index (χ3v) is 7.80. The summed E-state index contributed by atoms with van der Waals surface area (Å²) in [6.45, 7) is 10.2. The van der Waals surface area contributed by atoms with E-state index in [9.17, 15) is 4.79 Å². The van der Waals surface area contributed by atoms with Crippen LogP contribution in [0, 0.1) is 11.8 Å². The molecule has 1 atom stereocenters. The molecule has 0 unspecified atom stereocenters. The molecule has 0 spiro atoms. The highest BCUT2D eigenvalue weighted by atomic mass is 35.5. The number of likely N-dealkylation sites (tertiary alicyclic amines) is 1. The van der Waals surface area contributed by atoms with Crippen LogP contribution in [0.3, 0.4) is 0 Å². The first-order valence-electron chi connectivity index (χ1n) is 13.3. The molecule has 1 amide bonds. The number of rotatable bonds is 7. The molecule has 5 nitrogen and oxygen atoms in total. The van der Waals surface area contributed by atoms with Gasteiger partial charge >= 0.3 is 0 Å².